The molecular formula is C23H25ClN4O3S. The predicted molar refractivity (Wildman–Crippen MR) is 123 cm³/mol. The first-order valence-corrected chi connectivity index (χ1v) is 12.0. The summed E-state index contributed by atoms with van der Waals surface area (Å²) >= 11 is 5.85. The van der Waals surface area contributed by atoms with E-state index in [9.17, 15) is 13.2 Å². The zero-order valence-corrected chi connectivity index (χ0v) is 19.2. The molecule has 0 saturated carbocycles. The van der Waals surface area contributed by atoms with Gasteiger partial charge in [0.25, 0.3) is 0 Å². The molecule has 32 heavy (non-hydrogen) atoms. The smallest absolute Gasteiger partial charge is 0.243 e. The molecule has 1 amide bonds. The SMILES string of the molecule is C=CCN(CC(=O)N1CCN(S(=O)(=O)c2ccc(Cl)cc2)CC1)Cc1cccc(C#N)c1. The van der Waals surface area contributed by atoms with Crippen molar-refractivity contribution in [2.45, 2.75) is 11.4 Å². The van der Waals surface area contributed by atoms with E-state index in [0.717, 1.165) is 5.56 Å². The van der Waals surface area contributed by atoms with Crippen LogP contribution in [0.15, 0.2) is 66.1 Å². The van der Waals surface area contributed by atoms with E-state index in [1.165, 1.54) is 16.4 Å². The summed E-state index contributed by atoms with van der Waals surface area (Å²) in [4.78, 5) is 16.7. The van der Waals surface area contributed by atoms with Crippen LogP contribution in [0, 0.1) is 11.3 Å². The van der Waals surface area contributed by atoms with Gasteiger partial charge in [-0.05, 0) is 42.0 Å². The fraction of sp³-hybridized carbons (Fsp3) is 0.304. The molecule has 1 fully saturated rings. The van der Waals surface area contributed by atoms with Gasteiger partial charge in [0.05, 0.1) is 23.1 Å². The Balaban J connectivity index is 1.59. The normalized spacial score (nSPS) is 14.8. The molecule has 0 bridgehead atoms. The van der Waals surface area contributed by atoms with Gasteiger partial charge in [0.15, 0.2) is 0 Å². The van der Waals surface area contributed by atoms with Crippen LogP contribution in [0.5, 0.6) is 0 Å². The number of amides is 1. The van der Waals surface area contributed by atoms with E-state index in [0.29, 0.717) is 36.8 Å². The van der Waals surface area contributed by atoms with Crippen LogP contribution in [-0.2, 0) is 21.4 Å². The molecule has 7 nitrogen and oxygen atoms in total. The van der Waals surface area contributed by atoms with Gasteiger partial charge in [0.1, 0.15) is 0 Å². The minimum absolute atomic E-state index is 0.0631. The maximum Gasteiger partial charge on any atom is 0.243 e. The third-order valence-corrected chi connectivity index (χ3v) is 7.42. The van der Waals surface area contributed by atoms with E-state index in [4.69, 9.17) is 16.9 Å². The first-order chi connectivity index (χ1) is 15.3. The second-order valence-corrected chi connectivity index (χ2v) is 9.88. The second kappa shape index (κ2) is 10.7. The maximum atomic E-state index is 12.9. The monoisotopic (exact) mass is 472 g/mol. The molecule has 0 radical (unpaired) electrons. The average Bonchev–Trinajstić information content (AvgIpc) is 2.79. The molecule has 2 aromatic carbocycles. The number of nitrogens with zero attached hydrogens (tertiary/aromatic N) is 4. The standard InChI is InChI=1S/C23H25ClN4O3S/c1-2-10-26(17-20-5-3-4-19(15-20)16-25)18-23(29)27-11-13-28(14-12-27)32(30,31)22-8-6-21(24)7-9-22/h2-9,15H,1,10-14,17-18H2. The highest BCUT2D eigenvalue weighted by molar-refractivity contribution is 7.89. The molecule has 9 heteroatoms. The van der Waals surface area contributed by atoms with Crippen LogP contribution in [0.4, 0.5) is 0 Å². The van der Waals surface area contributed by atoms with E-state index in [1.807, 2.05) is 17.0 Å². The summed E-state index contributed by atoms with van der Waals surface area (Å²) in [5.41, 5.74) is 1.52. The molecule has 1 aliphatic heterocycles. The van der Waals surface area contributed by atoms with Crippen LogP contribution >= 0.6 is 11.6 Å². The molecule has 0 atom stereocenters. The first kappa shape index (κ1) is 24.0. The quantitative estimate of drug-likeness (QED) is 0.551. The average molecular weight is 473 g/mol. The zero-order chi connectivity index (χ0) is 23.1. The Hall–Kier alpha value is -2.70. The number of nitriles is 1. The summed E-state index contributed by atoms with van der Waals surface area (Å²) in [6.45, 7) is 6.13. The first-order valence-electron chi connectivity index (χ1n) is 10.2. The second-order valence-electron chi connectivity index (χ2n) is 7.51. The molecule has 1 saturated heterocycles. The molecule has 0 spiro atoms. The lowest BCUT2D eigenvalue weighted by molar-refractivity contribution is -0.133. The van der Waals surface area contributed by atoms with Crippen LogP contribution in [0.2, 0.25) is 5.02 Å². The van der Waals surface area contributed by atoms with Crippen molar-refractivity contribution in [2.75, 3.05) is 39.3 Å². The van der Waals surface area contributed by atoms with Crippen LogP contribution in [0.3, 0.4) is 0 Å². The lowest BCUT2D eigenvalue weighted by Gasteiger charge is -2.35. The van der Waals surface area contributed by atoms with Crippen molar-refractivity contribution in [3.05, 3.63) is 77.3 Å². The minimum atomic E-state index is -3.62. The molecule has 0 aromatic heterocycles. The van der Waals surface area contributed by atoms with Gasteiger partial charge in [-0.25, -0.2) is 8.42 Å². The number of benzene rings is 2. The van der Waals surface area contributed by atoms with Crippen molar-refractivity contribution in [2.24, 2.45) is 0 Å². The Kier molecular flexibility index (Phi) is 8.04. The van der Waals surface area contributed by atoms with E-state index in [-0.39, 0.29) is 30.4 Å². The number of piperazine rings is 1. The van der Waals surface area contributed by atoms with Gasteiger partial charge < -0.3 is 4.90 Å². The van der Waals surface area contributed by atoms with Crippen LogP contribution in [0.25, 0.3) is 0 Å². The fourth-order valence-corrected chi connectivity index (χ4v) is 5.14. The van der Waals surface area contributed by atoms with Crippen LogP contribution < -0.4 is 0 Å². The Morgan fingerprint density at radius 1 is 1.16 bits per heavy atom. The minimum Gasteiger partial charge on any atom is -0.339 e. The number of halogens is 1. The summed E-state index contributed by atoms with van der Waals surface area (Å²) in [6.07, 6.45) is 1.73. The molecule has 0 unspecified atom stereocenters. The van der Waals surface area contributed by atoms with Gasteiger partial charge in [-0.3, -0.25) is 9.69 Å². The van der Waals surface area contributed by atoms with Crippen molar-refractivity contribution in [3.63, 3.8) is 0 Å². The van der Waals surface area contributed by atoms with Crippen molar-refractivity contribution in [1.82, 2.24) is 14.1 Å². The number of hydrogen-bond acceptors (Lipinski definition) is 5. The summed E-state index contributed by atoms with van der Waals surface area (Å²) in [6, 6.07) is 15.5. The van der Waals surface area contributed by atoms with E-state index < -0.39 is 10.0 Å². The number of sulfonamides is 1. The Morgan fingerprint density at radius 3 is 2.47 bits per heavy atom. The summed E-state index contributed by atoms with van der Waals surface area (Å²) < 4.78 is 27.1. The predicted octanol–water partition coefficient (Wildman–Crippen LogP) is 2.73. The van der Waals surface area contributed by atoms with Crippen LogP contribution in [0.1, 0.15) is 11.1 Å². The lowest BCUT2D eigenvalue weighted by Crippen LogP contribution is -2.52. The highest BCUT2D eigenvalue weighted by atomic mass is 35.5. The van der Waals surface area contributed by atoms with E-state index >= 15 is 0 Å². The number of carbonyl (C=O) groups is 1. The lowest BCUT2D eigenvalue weighted by atomic mass is 10.1. The van der Waals surface area contributed by atoms with Crippen LogP contribution in [-0.4, -0.2) is 67.7 Å². The molecule has 1 aliphatic rings. The topological polar surface area (TPSA) is 84.7 Å². The molecule has 168 valence electrons. The van der Waals surface area contributed by atoms with Crippen molar-refractivity contribution < 1.29 is 13.2 Å². The third kappa shape index (κ3) is 5.96. The Labute approximate surface area is 194 Å². The van der Waals surface area contributed by atoms with Gasteiger partial charge in [-0.1, -0.05) is 29.8 Å². The van der Waals surface area contributed by atoms with E-state index in [1.54, 1.807) is 35.2 Å². The molecule has 3 rings (SSSR count). The summed E-state index contributed by atoms with van der Waals surface area (Å²) in [5, 5.41) is 9.56. The van der Waals surface area contributed by atoms with Gasteiger partial charge in [-0.15, -0.1) is 6.58 Å². The number of carbonyl (C=O) groups excluding carboxylic acids is 1. The Morgan fingerprint density at radius 2 is 1.84 bits per heavy atom. The van der Waals surface area contributed by atoms with Gasteiger partial charge in [0, 0.05) is 44.3 Å². The highest BCUT2D eigenvalue weighted by Crippen LogP contribution is 2.20. The molecule has 0 aliphatic carbocycles. The molecule has 1 heterocycles. The molecular weight excluding hydrogens is 448 g/mol. The van der Waals surface area contributed by atoms with Crippen molar-refractivity contribution >= 4 is 27.5 Å². The fourth-order valence-electron chi connectivity index (χ4n) is 3.59. The molecule has 0 N–H and O–H groups in total. The number of rotatable bonds is 8. The van der Waals surface area contributed by atoms with Crippen molar-refractivity contribution in [3.8, 4) is 6.07 Å². The number of hydrogen-bond donors (Lipinski definition) is 0. The van der Waals surface area contributed by atoms with Crippen molar-refractivity contribution in [1.29, 1.82) is 5.26 Å². The largest absolute Gasteiger partial charge is 0.339 e. The van der Waals surface area contributed by atoms with Gasteiger partial charge >= 0.3 is 0 Å². The molecule has 2 aromatic rings. The summed E-state index contributed by atoms with van der Waals surface area (Å²) in [5.74, 6) is -0.0631. The highest BCUT2D eigenvalue weighted by Gasteiger charge is 2.30. The summed E-state index contributed by atoms with van der Waals surface area (Å²) in [7, 11) is -3.62. The zero-order valence-electron chi connectivity index (χ0n) is 17.7. The van der Waals surface area contributed by atoms with Gasteiger partial charge in [-0.2, -0.15) is 9.57 Å². The maximum absolute atomic E-state index is 12.9. The Bertz CT molecular complexity index is 1100. The third-order valence-electron chi connectivity index (χ3n) is 5.25. The van der Waals surface area contributed by atoms with Gasteiger partial charge in [0.2, 0.25) is 15.9 Å². The van der Waals surface area contributed by atoms with E-state index in [2.05, 4.69) is 12.6 Å².